The Morgan fingerprint density at radius 3 is 2.79 bits per heavy atom. The van der Waals surface area contributed by atoms with Crippen LogP contribution in [0.5, 0.6) is 0 Å². The van der Waals surface area contributed by atoms with Crippen LogP contribution in [0, 0.1) is 13.8 Å². The summed E-state index contributed by atoms with van der Waals surface area (Å²) in [5, 5.41) is 10.9. The van der Waals surface area contributed by atoms with Gasteiger partial charge in [0.25, 0.3) is 5.91 Å². The Hall–Kier alpha value is -3.94. The second-order valence-electron chi connectivity index (χ2n) is 8.94. The summed E-state index contributed by atoms with van der Waals surface area (Å²) in [5.74, 6) is 1.93. The Morgan fingerprint density at radius 1 is 1.15 bits per heavy atom. The van der Waals surface area contributed by atoms with Crippen molar-refractivity contribution in [3.05, 3.63) is 70.8 Å². The summed E-state index contributed by atoms with van der Waals surface area (Å²) in [5.41, 5.74) is 8.14. The number of hydrogen-bond acceptors (Lipinski definition) is 5. The van der Waals surface area contributed by atoms with E-state index in [4.69, 9.17) is 4.98 Å². The third kappa shape index (κ3) is 3.38. The number of hydrogen-bond donors (Lipinski definition) is 2. The number of benzene rings is 2. The molecule has 1 aliphatic heterocycles. The van der Waals surface area contributed by atoms with Gasteiger partial charge in [-0.1, -0.05) is 0 Å². The van der Waals surface area contributed by atoms with Crippen molar-refractivity contribution < 1.29 is 4.79 Å². The van der Waals surface area contributed by atoms with Crippen molar-refractivity contribution in [3.8, 4) is 17.1 Å². The maximum atomic E-state index is 11.9. The van der Waals surface area contributed by atoms with E-state index >= 15 is 0 Å². The summed E-state index contributed by atoms with van der Waals surface area (Å²) in [4.78, 5) is 21.2. The third-order valence-corrected chi connectivity index (χ3v) is 6.61. The number of nitrogens with one attached hydrogen (secondary N) is 2. The van der Waals surface area contributed by atoms with E-state index in [1.54, 1.807) is 4.68 Å². The Balaban J connectivity index is 1.27. The van der Waals surface area contributed by atoms with E-state index in [0.29, 0.717) is 24.2 Å². The van der Waals surface area contributed by atoms with Gasteiger partial charge in [-0.05, 0) is 73.7 Å². The molecule has 0 spiro atoms. The Kier molecular flexibility index (Phi) is 4.36. The fraction of sp³-hybridized carbons (Fsp3) is 0.280. The first-order chi connectivity index (χ1) is 16.0. The fourth-order valence-corrected chi connectivity index (χ4v) is 4.48. The van der Waals surface area contributed by atoms with Crippen LogP contribution >= 0.6 is 0 Å². The second-order valence-corrected chi connectivity index (χ2v) is 8.94. The van der Waals surface area contributed by atoms with Gasteiger partial charge >= 0.3 is 0 Å². The monoisotopic (exact) mass is 439 g/mol. The van der Waals surface area contributed by atoms with Gasteiger partial charge in [0.15, 0.2) is 5.82 Å². The van der Waals surface area contributed by atoms with Crippen LogP contribution in [-0.4, -0.2) is 30.2 Å². The summed E-state index contributed by atoms with van der Waals surface area (Å²) in [6, 6.07) is 10.0. The van der Waals surface area contributed by atoms with Gasteiger partial charge < -0.3 is 15.2 Å². The molecule has 166 valence electrons. The number of carbonyl (C=O) groups is 1. The highest BCUT2D eigenvalue weighted by atomic mass is 16.1. The lowest BCUT2D eigenvalue weighted by Gasteiger charge is -2.11. The highest BCUT2D eigenvalue weighted by Crippen LogP contribution is 2.39. The molecule has 1 saturated carbocycles. The number of imidazole rings is 1. The first-order valence-electron chi connectivity index (χ1n) is 11.2. The minimum absolute atomic E-state index is 0.0149. The van der Waals surface area contributed by atoms with Crippen LogP contribution in [0.25, 0.3) is 17.1 Å². The van der Waals surface area contributed by atoms with E-state index < -0.39 is 0 Å². The number of carbonyl (C=O) groups excluding carboxylic acids is 1. The van der Waals surface area contributed by atoms with Gasteiger partial charge in [-0.3, -0.25) is 4.79 Å². The molecule has 2 N–H and O–H groups in total. The summed E-state index contributed by atoms with van der Waals surface area (Å²) in [6.07, 6.45) is 6.54. The number of amides is 1. The van der Waals surface area contributed by atoms with Gasteiger partial charge in [0.2, 0.25) is 5.95 Å². The highest BCUT2D eigenvalue weighted by Gasteiger charge is 2.26. The molecule has 0 atom stereocenters. The average Bonchev–Trinajstić information content (AvgIpc) is 3.23. The van der Waals surface area contributed by atoms with Gasteiger partial charge in [-0.15, -0.1) is 5.10 Å². The first-order valence-corrected chi connectivity index (χ1v) is 11.2. The maximum absolute atomic E-state index is 11.9. The molecule has 0 radical (unpaired) electrons. The number of aryl methyl sites for hydroxylation is 2. The zero-order valence-corrected chi connectivity index (χ0v) is 18.9. The molecule has 2 aromatic carbocycles. The summed E-state index contributed by atoms with van der Waals surface area (Å²) >= 11 is 0. The van der Waals surface area contributed by atoms with Crippen molar-refractivity contribution in [1.29, 1.82) is 0 Å². The standard InChI is InChI=1S/C25H25N7O/c1-14-10-17(6-9-22(14)32-12-21(27-13-32)16-4-5-16)23-29-25(31(3)30-23)28-20-8-7-18-19(15(20)2)11-26-24(18)33/h6-10,12-13,16H,4-5,11H2,1-3H3,(H,26,33)(H,28,29,30). The minimum atomic E-state index is -0.0149. The summed E-state index contributed by atoms with van der Waals surface area (Å²) in [6.45, 7) is 4.68. The molecule has 0 bridgehead atoms. The lowest BCUT2D eigenvalue weighted by molar-refractivity contribution is 0.0966. The zero-order valence-electron chi connectivity index (χ0n) is 18.9. The fourth-order valence-electron chi connectivity index (χ4n) is 4.48. The Morgan fingerprint density at radius 2 is 2.00 bits per heavy atom. The van der Waals surface area contributed by atoms with Crippen molar-refractivity contribution >= 4 is 17.5 Å². The van der Waals surface area contributed by atoms with E-state index in [0.717, 1.165) is 39.2 Å². The molecule has 8 nitrogen and oxygen atoms in total. The number of rotatable bonds is 5. The van der Waals surface area contributed by atoms with Crippen LogP contribution in [0.1, 0.15) is 51.5 Å². The van der Waals surface area contributed by atoms with Gasteiger partial charge in [0.1, 0.15) is 0 Å². The summed E-state index contributed by atoms with van der Waals surface area (Å²) in [7, 11) is 1.87. The largest absolute Gasteiger partial charge is 0.348 e. The highest BCUT2D eigenvalue weighted by molar-refractivity contribution is 5.99. The molecule has 33 heavy (non-hydrogen) atoms. The molecule has 4 aromatic rings. The molecule has 8 heteroatoms. The van der Waals surface area contributed by atoms with Gasteiger partial charge in [0.05, 0.1) is 12.0 Å². The molecule has 1 fully saturated rings. The maximum Gasteiger partial charge on any atom is 0.251 e. The summed E-state index contributed by atoms with van der Waals surface area (Å²) < 4.78 is 3.84. The van der Waals surface area contributed by atoms with Crippen molar-refractivity contribution in [1.82, 2.24) is 29.6 Å². The zero-order chi connectivity index (χ0) is 22.7. The van der Waals surface area contributed by atoms with Crippen molar-refractivity contribution in [2.24, 2.45) is 7.05 Å². The molecule has 0 unspecified atom stereocenters. The normalized spacial score (nSPS) is 14.9. The van der Waals surface area contributed by atoms with Crippen molar-refractivity contribution in [2.45, 2.75) is 39.2 Å². The van der Waals surface area contributed by atoms with Crippen LogP contribution in [-0.2, 0) is 13.6 Å². The van der Waals surface area contributed by atoms with E-state index in [1.807, 2.05) is 32.4 Å². The van der Waals surface area contributed by atoms with Crippen LogP contribution < -0.4 is 10.6 Å². The molecule has 0 saturated heterocycles. The molecular formula is C25H25N7O. The third-order valence-electron chi connectivity index (χ3n) is 6.61. The molecule has 1 amide bonds. The first kappa shape index (κ1) is 19.7. The van der Waals surface area contributed by atoms with Crippen LogP contribution in [0.15, 0.2) is 42.9 Å². The van der Waals surface area contributed by atoms with Crippen LogP contribution in [0.3, 0.4) is 0 Å². The lowest BCUT2D eigenvalue weighted by atomic mass is 10.0. The van der Waals surface area contributed by atoms with Crippen molar-refractivity contribution in [3.63, 3.8) is 0 Å². The number of anilines is 2. The predicted molar refractivity (Wildman–Crippen MR) is 126 cm³/mol. The van der Waals surface area contributed by atoms with Gasteiger partial charge in [-0.2, -0.15) is 4.98 Å². The number of fused-ring (bicyclic) bond motifs is 1. The smallest absolute Gasteiger partial charge is 0.251 e. The van der Waals surface area contributed by atoms with E-state index in [2.05, 4.69) is 56.6 Å². The van der Waals surface area contributed by atoms with Crippen molar-refractivity contribution in [2.75, 3.05) is 5.32 Å². The van der Waals surface area contributed by atoms with Gasteiger partial charge in [0, 0.05) is 48.2 Å². The molecule has 2 aromatic heterocycles. The molecule has 2 aliphatic rings. The average molecular weight is 440 g/mol. The second kappa shape index (κ2) is 7.30. The quantitative estimate of drug-likeness (QED) is 0.488. The van der Waals surface area contributed by atoms with E-state index in [9.17, 15) is 4.79 Å². The SMILES string of the molecule is Cc1cc(-c2nc(Nc3ccc4c(c3C)CNC4=O)n(C)n2)ccc1-n1cnc(C2CC2)c1. The van der Waals surface area contributed by atoms with Crippen LogP contribution in [0.2, 0.25) is 0 Å². The molecule has 1 aliphatic carbocycles. The van der Waals surface area contributed by atoms with E-state index in [-0.39, 0.29) is 5.91 Å². The molecule has 6 rings (SSSR count). The predicted octanol–water partition coefficient (Wildman–Crippen LogP) is 4.15. The Bertz CT molecular complexity index is 1410. The number of nitrogens with zero attached hydrogens (tertiary/aromatic N) is 5. The van der Waals surface area contributed by atoms with Gasteiger partial charge in [-0.25, -0.2) is 9.67 Å². The number of aromatic nitrogens is 5. The topological polar surface area (TPSA) is 89.7 Å². The van der Waals surface area contributed by atoms with Crippen LogP contribution in [0.4, 0.5) is 11.6 Å². The minimum Gasteiger partial charge on any atom is -0.348 e. The molecular weight excluding hydrogens is 414 g/mol. The molecule has 3 heterocycles. The van der Waals surface area contributed by atoms with E-state index in [1.165, 1.54) is 18.5 Å². The Labute approximate surface area is 191 Å². The lowest BCUT2D eigenvalue weighted by Crippen LogP contribution is -2.12.